The molecule has 1 atom stereocenters. The molecule has 1 aromatic heterocycles. The quantitative estimate of drug-likeness (QED) is 0.787. The Kier molecular flexibility index (Phi) is 4.62. The Bertz CT molecular complexity index is 594. The number of carbonyl (C=O) groups excluding carboxylic acids is 2. The zero-order chi connectivity index (χ0) is 15.8. The molecule has 9 heteroatoms. The lowest BCUT2D eigenvalue weighted by Gasteiger charge is -2.17. The van der Waals surface area contributed by atoms with Crippen LogP contribution in [0.2, 0.25) is 0 Å². The first-order valence-electron chi connectivity index (χ1n) is 5.89. The van der Waals surface area contributed by atoms with Gasteiger partial charge in [-0.05, 0) is 22.0 Å². The number of carbonyl (C=O) groups is 2. The van der Waals surface area contributed by atoms with Gasteiger partial charge >= 0.3 is 6.18 Å². The molecule has 1 aliphatic heterocycles. The highest BCUT2D eigenvalue weighted by atomic mass is 79.9. The molecule has 0 N–H and O–H groups in total. The Morgan fingerprint density at radius 1 is 1.52 bits per heavy atom. The van der Waals surface area contributed by atoms with Gasteiger partial charge in [0.1, 0.15) is 5.82 Å². The first-order valence-corrected chi connectivity index (χ1v) is 7.56. The molecular formula is C12H10BrF3N2O2S. The lowest BCUT2D eigenvalue weighted by molar-refractivity contribution is -0.138. The van der Waals surface area contributed by atoms with Gasteiger partial charge in [-0.1, -0.05) is 11.8 Å². The number of pyridine rings is 1. The monoisotopic (exact) mass is 382 g/mol. The van der Waals surface area contributed by atoms with Crippen molar-refractivity contribution in [3.63, 3.8) is 0 Å². The number of aromatic nitrogens is 1. The van der Waals surface area contributed by atoms with Gasteiger partial charge in [0.05, 0.1) is 5.56 Å². The van der Waals surface area contributed by atoms with E-state index in [1.807, 2.05) is 0 Å². The molecule has 0 spiro atoms. The summed E-state index contributed by atoms with van der Waals surface area (Å²) in [5, 5.41) is -0.385. The Morgan fingerprint density at radius 2 is 2.19 bits per heavy atom. The summed E-state index contributed by atoms with van der Waals surface area (Å²) in [5.74, 6) is -0.390. The van der Waals surface area contributed by atoms with Crippen LogP contribution in [0, 0.1) is 0 Å². The average Bonchev–Trinajstić information content (AvgIpc) is 2.68. The standard InChI is InChI=1S/C12H10BrF3N2O2S/c1-6(19)21-7-2-11(20)18(5-7)10-3-8(12(14,15)16)9(13)4-17-10/h3-4,7H,2,5H2,1H3. The fourth-order valence-corrected chi connectivity index (χ4v) is 3.36. The van der Waals surface area contributed by atoms with Gasteiger partial charge in [0.2, 0.25) is 5.91 Å². The SMILES string of the molecule is CC(=O)SC1CC(=O)N(c2cc(C(F)(F)F)c(Br)cn2)C1. The van der Waals surface area contributed by atoms with Crippen LogP contribution in [0.15, 0.2) is 16.7 Å². The minimum absolute atomic E-state index is 0.0535. The fourth-order valence-electron chi connectivity index (χ4n) is 2.00. The van der Waals surface area contributed by atoms with Crippen LogP contribution in [0.3, 0.4) is 0 Å². The van der Waals surface area contributed by atoms with E-state index < -0.39 is 11.7 Å². The molecule has 0 aliphatic carbocycles. The zero-order valence-corrected chi connectivity index (χ0v) is 13.2. The normalized spacial score (nSPS) is 19.2. The minimum Gasteiger partial charge on any atom is -0.296 e. The summed E-state index contributed by atoms with van der Waals surface area (Å²) in [6.45, 7) is 1.56. The highest BCUT2D eigenvalue weighted by Gasteiger charge is 2.37. The van der Waals surface area contributed by atoms with E-state index in [0.29, 0.717) is 0 Å². The smallest absolute Gasteiger partial charge is 0.296 e. The molecule has 0 saturated carbocycles. The van der Waals surface area contributed by atoms with Crippen molar-refractivity contribution in [2.24, 2.45) is 0 Å². The summed E-state index contributed by atoms with van der Waals surface area (Å²) < 4.78 is 38.4. The van der Waals surface area contributed by atoms with Crippen LogP contribution in [-0.4, -0.2) is 27.8 Å². The van der Waals surface area contributed by atoms with Crippen molar-refractivity contribution in [3.8, 4) is 0 Å². The predicted molar refractivity (Wildman–Crippen MR) is 76.0 cm³/mol. The van der Waals surface area contributed by atoms with Gasteiger partial charge in [0.25, 0.3) is 0 Å². The molecule has 0 bridgehead atoms. The number of hydrogen-bond donors (Lipinski definition) is 0. The number of hydrogen-bond acceptors (Lipinski definition) is 4. The number of rotatable bonds is 2. The van der Waals surface area contributed by atoms with E-state index >= 15 is 0 Å². The van der Waals surface area contributed by atoms with Gasteiger partial charge in [-0.15, -0.1) is 0 Å². The first kappa shape index (κ1) is 16.3. The molecule has 1 unspecified atom stereocenters. The Balaban J connectivity index is 2.27. The Hall–Kier alpha value is -1.09. The van der Waals surface area contributed by atoms with Crippen LogP contribution >= 0.6 is 27.7 Å². The van der Waals surface area contributed by atoms with E-state index in [2.05, 4.69) is 20.9 Å². The second-order valence-electron chi connectivity index (χ2n) is 4.46. The van der Waals surface area contributed by atoms with Crippen LogP contribution < -0.4 is 4.90 Å². The van der Waals surface area contributed by atoms with Crippen molar-refractivity contribution >= 4 is 44.5 Å². The average molecular weight is 383 g/mol. The molecule has 114 valence electrons. The summed E-state index contributed by atoms with van der Waals surface area (Å²) in [4.78, 5) is 28.0. The Labute approximate surface area is 131 Å². The van der Waals surface area contributed by atoms with Crippen LogP contribution in [0.1, 0.15) is 18.9 Å². The predicted octanol–water partition coefficient (Wildman–Crippen LogP) is 3.25. The molecule has 0 aromatic carbocycles. The molecule has 2 rings (SSSR count). The molecule has 2 heterocycles. The van der Waals surface area contributed by atoms with E-state index in [0.717, 1.165) is 24.0 Å². The molecule has 4 nitrogen and oxygen atoms in total. The summed E-state index contributed by atoms with van der Waals surface area (Å²) in [7, 11) is 0. The maximum atomic E-state index is 12.9. The highest BCUT2D eigenvalue weighted by molar-refractivity contribution is 9.10. The molecule has 0 radical (unpaired) electrons. The number of alkyl halides is 3. The highest BCUT2D eigenvalue weighted by Crippen LogP contribution is 2.37. The third-order valence-corrected chi connectivity index (χ3v) is 4.46. The van der Waals surface area contributed by atoms with Crippen molar-refractivity contribution < 1.29 is 22.8 Å². The third kappa shape index (κ3) is 3.76. The van der Waals surface area contributed by atoms with Crippen LogP contribution in [0.5, 0.6) is 0 Å². The van der Waals surface area contributed by atoms with Gasteiger partial charge in [0, 0.05) is 35.8 Å². The number of amides is 1. The second-order valence-corrected chi connectivity index (χ2v) is 6.79. The fraction of sp³-hybridized carbons (Fsp3) is 0.417. The van der Waals surface area contributed by atoms with E-state index in [1.165, 1.54) is 11.8 Å². The zero-order valence-electron chi connectivity index (χ0n) is 10.8. The minimum atomic E-state index is -4.53. The van der Waals surface area contributed by atoms with E-state index in [-0.39, 0.29) is 39.5 Å². The molecule has 1 saturated heterocycles. The summed E-state index contributed by atoms with van der Waals surface area (Å²) >= 11 is 3.82. The van der Waals surface area contributed by atoms with Crippen LogP contribution in [0.25, 0.3) is 0 Å². The number of nitrogens with zero attached hydrogens (tertiary/aromatic N) is 2. The lowest BCUT2D eigenvalue weighted by Crippen LogP contribution is -2.26. The van der Waals surface area contributed by atoms with Gasteiger partial charge in [0.15, 0.2) is 5.12 Å². The van der Waals surface area contributed by atoms with Gasteiger partial charge in [-0.3, -0.25) is 14.5 Å². The van der Waals surface area contributed by atoms with E-state index in [4.69, 9.17) is 0 Å². The second kappa shape index (κ2) is 5.96. The lowest BCUT2D eigenvalue weighted by atomic mass is 10.2. The van der Waals surface area contributed by atoms with Crippen LogP contribution in [0.4, 0.5) is 19.0 Å². The van der Waals surface area contributed by atoms with Crippen molar-refractivity contribution in [1.82, 2.24) is 4.98 Å². The maximum Gasteiger partial charge on any atom is 0.417 e. The first-order chi connectivity index (χ1) is 9.68. The van der Waals surface area contributed by atoms with Gasteiger partial charge in [-0.2, -0.15) is 13.2 Å². The summed E-state index contributed by atoms with van der Waals surface area (Å²) in [6.07, 6.45) is -3.40. The van der Waals surface area contributed by atoms with Crippen LogP contribution in [-0.2, 0) is 15.8 Å². The number of thioether (sulfide) groups is 1. The molecule has 1 fully saturated rings. The topological polar surface area (TPSA) is 50.3 Å². The van der Waals surface area contributed by atoms with Gasteiger partial charge in [-0.25, -0.2) is 4.98 Å². The Morgan fingerprint density at radius 3 is 2.76 bits per heavy atom. The van der Waals surface area contributed by atoms with Crippen molar-refractivity contribution in [2.45, 2.75) is 24.8 Å². The van der Waals surface area contributed by atoms with E-state index in [9.17, 15) is 22.8 Å². The van der Waals surface area contributed by atoms with Crippen molar-refractivity contribution in [1.29, 1.82) is 0 Å². The molecule has 1 aromatic rings. The summed E-state index contributed by atoms with van der Waals surface area (Å²) in [6, 6.07) is 0.836. The van der Waals surface area contributed by atoms with Crippen molar-refractivity contribution in [3.05, 3.63) is 22.3 Å². The van der Waals surface area contributed by atoms with Crippen molar-refractivity contribution in [2.75, 3.05) is 11.4 Å². The third-order valence-electron chi connectivity index (χ3n) is 2.85. The van der Waals surface area contributed by atoms with E-state index in [1.54, 1.807) is 0 Å². The van der Waals surface area contributed by atoms with Gasteiger partial charge < -0.3 is 0 Å². The maximum absolute atomic E-state index is 12.9. The summed E-state index contributed by atoms with van der Waals surface area (Å²) in [5.41, 5.74) is -0.886. The number of anilines is 1. The molecule has 21 heavy (non-hydrogen) atoms. The molecule has 1 amide bonds. The largest absolute Gasteiger partial charge is 0.417 e. The number of halogens is 4. The molecular weight excluding hydrogens is 373 g/mol. The molecule has 1 aliphatic rings.